The van der Waals surface area contributed by atoms with Crippen LogP contribution in [0.1, 0.15) is 11.1 Å². The number of rotatable bonds is 2. The van der Waals surface area contributed by atoms with Crippen molar-refractivity contribution in [2.24, 2.45) is 0 Å². The zero-order valence-electron chi connectivity index (χ0n) is 9.18. The van der Waals surface area contributed by atoms with Crippen molar-refractivity contribution >= 4 is 21.6 Å². The molecular formula is C13H9BrF3N. The lowest BCUT2D eigenvalue weighted by molar-refractivity contribution is 0.442. The predicted molar refractivity (Wildman–Crippen MR) is 67.7 cm³/mol. The molecule has 0 heterocycles. The fourth-order valence-electron chi connectivity index (χ4n) is 1.70. The number of halogens is 4. The van der Waals surface area contributed by atoms with E-state index in [1.54, 1.807) is 18.2 Å². The lowest BCUT2D eigenvalue weighted by Gasteiger charge is -2.06. The summed E-state index contributed by atoms with van der Waals surface area (Å²) in [6.45, 7) is 0. The molecule has 2 aromatic carbocycles. The van der Waals surface area contributed by atoms with Crippen LogP contribution in [-0.4, -0.2) is 0 Å². The highest BCUT2D eigenvalue weighted by atomic mass is 79.9. The van der Waals surface area contributed by atoms with E-state index in [0.29, 0.717) is 11.3 Å². The van der Waals surface area contributed by atoms with Gasteiger partial charge in [0.2, 0.25) is 0 Å². The van der Waals surface area contributed by atoms with Crippen LogP contribution < -0.4 is 5.73 Å². The maximum absolute atomic E-state index is 13.5. The molecule has 0 amide bonds. The Labute approximate surface area is 111 Å². The van der Waals surface area contributed by atoms with Crippen molar-refractivity contribution in [2.45, 2.75) is 6.42 Å². The maximum atomic E-state index is 13.5. The molecule has 0 atom stereocenters. The van der Waals surface area contributed by atoms with Gasteiger partial charge >= 0.3 is 0 Å². The molecular weight excluding hydrogens is 307 g/mol. The van der Waals surface area contributed by atoms with Gasteiger partial charge in [-0.05, 0) is 35.4 Å². The van der Waals surface area contributed by atoms with Gasteiger partial charge in [-0.2, -0.15) is 0 Å². The first-order valence-electron chi connectivity index (χ1n) is 5.14. The van der Waals surface area contributed by atoms with Gasteiger partial charge in [0.15, 0.2) is 17.5 Å². The third-order valence-corrected chi connectivity index (χ3v) is 2.95. The molecule has 0 saturated heterocycles. The van der Waals surface area contributed by atoms with Crippen LogP contribution in [0.15, 0.2) is 34.8 Å². The SMILES string of the molecule is Nc1cc(Br)cc(Cc2ccc(F)c(F)c2F)c1. The molecule has 0 aliphatic rings. The van der Waals surface area contributed by atoms with E-state index in [1.807, 2.05) is 0 Å². The number of nitrogens with two attached hydrogens (primary N) is 1. The summed E-state index contributed by atoms with van der Waals surface area (Å²) in [6.07, 6.45) is 0.146. The summed E-state index contributed by atoms with van der Waals surface area (Å²) in [5.74, 6) is -3.80. The summed E-state index contributed by atoms with van der Waals surface area (Å²) in [5.41, 5.74) is 6.97. The van der Waals surface area contributed by atoms with Crippen molar-refractivity contribution in [3.05, 3.63) is 63.4 Å². The highest BCUT2D eigenvalue weighted by Crippen LogP contribution is 2.22. The van der Waals surface area contributed by atoms with Crippen LogP contribution in [0.3, 0.4) is 0 Å². The van der Waals surface area contributed by atoms with Crippen molar-refractivity contribution in [1.82, 2.24) is 0 Å². The summed E-state index contributed by atoms with van der Waals surface area (Å²) in [6, 6.07) is 7.24. The molecule has 0 unspecified atom stereocenters. The first-order chi connectivity index (χ1) is 8.47. The molecule has 2 aromatic rings. The minimum atomic E-state index is -1.45. The average molecular weight is 316 g/mol. The highest BCUT2D eigenvalue weighted by Gasteiger charge is 2.13. The van der Waals surface area contributed by atoms with Crippen LogP contribution in [0.2, 0.25) is 0 Å². The molecule has 5 heteroatoms. The predicted octanol–water partition coefficient (Wildman–Crippen LogP) is 4.04. The summed E-state index contributed by atoms with van der Waals surface area (Å²) < 4.78 is 40.1. The second kappa shape index (κ2) is 5.02. The summed E-state index contributed by atoms with van der Waals surface area (Å²) in [5, 5.41) is 0. The average Bonchev–Trinajstić information content (AvgIpc) is 2.29. The van der Waals surface area contributed by atoms with Gasteiger partial charge in [0.25, 0.3) is 0 Å². The maximum Gasteiger partial charge on any atom is 0.194 e. The molecule has 2 N–H and O–H groups in total. The Morgan fingerprint density at radius 3 is 2.39 bits per heavy atom. The summed E-state index contributed by atoms with van der Waals surface area (Å²) >= 11 is 3.26. The number of benzene rings is 2. The Hall–Kier alpha value is -1.49. The zero-order valence-corrected chi connectivity index (χ0v) is 10.8. The van der Waals surface area contributed by atoms with E-state index < -0.39 is 17.5 Å². The minimum Gasteiger partial charge on any atom is -0.399 e. The quantitative estimate of drug-likeness (QED) is 0.657. The number of anilines is 1. The fraction of sp³-hybridized carbons (Fsp3) is 0.0769. The lowest BCUT2D eigenvalue weighted by Crippen LogP contribution is -1.99. The third kappa shape index (κ3) is 2.67. The Bertz CT molecular complexity index is 579. The molecule has 94 valence electrons. The van der Waals surface area contributed by atoms with E-state index >= 15 is 0 Å². The molecule has 0 bridgehead atoms. The van der Waals surface area contributed by atoms with Crippen LogP contribution in [0.5, 0.6) is 0 Å². The van der Waals surface area contributed by atoms with Gasteiger partial charge in [-0.3, -0.25) is 0 Å². The van der Waals surface area contributed by atoms with Crippen molar-refractivity contribution in [3.63, 3.8) is 0 Å². The lowest BCUT2D eigenvalue weighted by atomic mass is 10.0. The third-order valence-electron chi connectivity index (χ3n) is 2.49. The van der Waals surface area contributed by atoms with Crippen LogP contribution in [0.4, 0.5) is 18.9 Å². The molecule has 1 nitrogen and oxygen atoms in total. The molecule has 0 radical (unpaired) electrons. The molecule has 0 spiro atoms. The first-order valence-corrected chi connectivity index (χ1v) is 5.94. The van der Waals surface area contributed by atoms with Gasteiger partial charge in [0, 0.05) is 16.6 Å². The molecule has 0 aliphatic heterocycles. The highest BCUT2D eigenvalue weighted by molar-refractivity contribution is 9.10. The van der Waals surface area contributed by atoms with Gasteiger partial charge in [0.1, 0.15) is 0 Å². The van der Waals surface area contributed by atoms with E-state index in [2.05, 4.69) is 15.9 Å². The Kier molecular flexibility index (Phi) is 3.61. The molecule has 0 aliphatic carbocycles. The second-order valence-corrected chi connectivity index (χ2v) is 4.82. The molecule has 0 saturated carbocycles. The number of hydrogen-bond acceptors (Lipinski definition) is 1. The van der Waals surface area contributed by atoms with Gasteiger partial charge in [0.05, 0.1) is 0 Å². The van der Waals surface area contributed by atoms with Gasteiger partial charge < -0.3 is 5.73 Å². The zero-order chi connectivity index (χ0) is 13.3. The van der Waals surface area contributed by atoms with Crippen LogP contribution >= 0.6 is 15.9 Å². The smallest absolute Gasteiger partial charge is 0.194 e. The van der Waals surface area contributed by atoms with Gasteiger partial charge in [-0.15, -0.1) is 0 Å². The monoisotopic (exact) mass is 315 g/mol. The Morgan fingerprint density at radius 2 is 1.72 bits per heavy atom. The summed E-state index contributed by atoms with van der Waals surface area (Å²) in [7, 11) is 0. The van der Waals surface area contributed by atoms with E-state index in [4.69, 9.17) is 5.73 Å². The second-order valence-electron chi connectivity index (χ2n) is 3.90. The minimum absolute atomic E-state index is 0.0893. The summed E-state index contributed by atoms with van der Waals surface area (Å²) in [4.78, 5) is 0. The van der Waals surface area contributed by atoms with Crippen LogP contribution in [0, 0.1) is 17.5 Å². The largest absolute Gasteiger partial charge is 0.399 e. The molecule has 0 fully saturated rings. The van der Waals surface area contributed by atoms with Gasteiger partial charge in [-0.25, -0.2) is 13.2 Å². The van der Waals surface area contributed by atoms with Gasteiger partial charge in [-0.1, -0.05) is 22.0 Å². The topological polar surface area (TPSA) is 26.0 Å². The Balaban J connectivity index is 2.37. The van der Waals surface area contributed by atoms with E-state index in [9.17, 15) is 13.2 Å². The molecule has 0 aromatic heterocycles. The molecule has 2 rings (SSSR count). The number of hydrogen-bond donors (Lipinski definition) is 1. The molecule has 18 heavy (non-hydrogen) atoms. The first kappa shape index (κ1) is 13.0. The number of nitrogen functional groups attached to an aromatic ring is 1. The van der Waals surface area contributed by atoms with Crippen molar-refractivity contribution < 1.29 is 13.2 Å². The van der Waals surface area contributed by atoms with Crippen LogP contribution in [-0.2, 0) is 6.42 Å². The standard InChI is InChI=1S/C13H9BrF3N/c14-9-4-7(5-10(18)6-9)3-8-1-2-11(15)13(17)12(8)16/h1-2,4-6H,3,18H2. The van der Waals surface area contributed by atoms with Crippen molar-refractivity contribution in [1.29, 1.82) is 0 Å². The van der Waals surface area contributed by atoms with Crippen molar-refractivity contribution in [3.8, 4) is 0 Å². The van der Waals surface area contributed by atoms with Crippen molar-refractivity contribution in [2.75, 3.05) is 5.73 Å². The Morgan fingerprint density at radius 1 is 1.00 bits per heavy atom. The van der Waals surface area contributed by atoms with E-state index in [0.717, 1.165) is 10.5 Å². The van der Waals surface area contributed by atoms with E-state index in [1.165, 1.54) is 6.07 Å². The normalized spacial score (nSPS) is 10.7. The van der Waals surface area contributed by atoms with E-state index in [-0.39, 0.29) is 12.0 Å². The van der Waals surface area contributed by atoms with Crippen LogP contribution in [0.25, 0.3) is 0 Å². The fourth-order valence-corrected chi connectivity index (χ4v) is 2.26.